The van der Waals surface area contributed by atoms with E-state index in [1.807, 2.05) is 30.5 Å². The van der Waals surface area contributed by atoms with Gasteiger partial charge in [-0.3, -0.25) is 4.79 Å². The monoisotopic (exact) mass is 485 g/mol. The second-order valence-electron chi connectivity index (χ2n) is 8.06. The molecule has 2 N–H and O–H groups in total. The lowest BCUT2D eigenvalue weighted by Gasteiger charge is -2.37. The number of benzene rings is 2. The number of carboxylic acid groups (broad SMARTS) is 1. The lowest BCUT2D eigenvalue weighted by Crippen LogP contribution is -2.61. The van der Waals surface area contributed by atoms with Crippen LogP contribution in [0.15, 0.2) is 53.4 Å². The van der Waals surface area contributed by atoms with Crippen LogP contribution in [0.4, 0.5) is 4.79 Å². The molecule has 9 nitrogen and oxygen atoms in total. The molecule has 2 aromatic rings. The number of amides is 2. The molecule has 1 heterocycles. The summed E-state index contributed by atoms with van der Waals surface area (Å²) in [7, 11) is -3.25. The van der Waals surface area contributed by atoms with Crippen molar-refractivity contribution in [2.24, 2.45) is 0 Å². The fraction of sp³-hybridized carbons (Fsp3) is 0.375. The van der Waals surface area contributed by atoms with E-state index in [0.717, 1.165) is 21.6 Å². The third kappa shape index (κ3) is 5.73. The molecule has 0 radical (unpaired) electrons. The van der Waals surface area contributed by atoms with E-state index in [1.165, 1.54) is 0 Å². The van der Waals surface area contributed by atoms with E-state index in [0.29, 0.717) is 6.42 Å². The average Bonchev–Trinajstić information content (AvgIpc) is 2.85. The van der Waals surface area contributed by atoms with Gasteiger partial charge in [0.1, 0.15) is 5.54 Å². The van der Waals surface area contributed by atoms with E-state index in [9.17, 15) is 28.4 Å². The molecule has 0 aromatic heterocycles. The van der Waals surface area contributed by atoms with Crippen molar-refractivity contribution >= 4 is 21.8 Å². The summed E-state index contributed by atoms with van der Waals surface area (Å²) in [5.41, 5.74) is 1.32. The number of nitrogens with zero attached hydrogens (tertiary/aromatic N) is 2. The molecule has 1 saturated heterocycles. The van der Waals surface area contributed by atoms with Crippen LogP contribution in [0, 0.1) is 11.5 Å². The van der Waals surface area contributed by atoms with Gasteiger partial charge < -0.3 is 15.2 Å². The van der Waals surface area contributed by atoms with E-state index in [2.05, 4.69) is 5.32 Å². The van der Waals surface area contributed by atoms with Gasteiger partial charge in [0.15, 0.2) is 16.0 Å². The number of rotatable bonds is 8. The van der Waals surface area contributed by atoms with Gasteiger partial charge in [-0.05, 0) is 35.2 Å². The standard InChI is InChI=1S/C24H27N3O6S/c1-2-34(31,32)21-9-7-20(8-10-21)19-5-3-18(4-6-19)11-14-27(17-25)22(28)24(26-23(29)30)12-15-33-16-13-24/h3-10,26H,2,11-16H2,1H3,(H,29,30). The Morgan fingerprint density at radius 2 is 1.65 bits per heavy atom. The SMILES string of the molecule is CCS(=O)(=O)c1ccc(-c2ccc(CCN(C#N)C(=O)C3(NC(=O)O)CCOCC3)cc2)cc1. The molecule has 34 heavy (non-hydrogen) atoms. The molecule has 0 spiro atoms. The third-order valence-corrected chi connectivity index (χ3v) is 7.72. The average molecular weight is 486 g/mol. The first kappa shape index (κ1) is 25.2. The van der Waals surface area contributed by atoms with Gasteiger partial charge in [0, 0.05) is 32.6 Å². The van der Waals surface area contributed by atoms with Crippen LogP contribution in [0.3, 0.4) is 0 Å². The fourth-order valence-corrected chi connectivity index (χ4v) is 4.78. The minimum absolute atomic E-state index is 0.0462. The molecule has 1 aliphatic rings. The van der Waals surface area contributed by atoms with Crippen molar-refractivity contribution in [3.63, 3.8) is 0 Å². The van der Waals surface area contributed by atoms with Gasteiger partial charge in [-0.1, -0.05) is 43.3 Å². The van der Waals surface area contributed by atoms with E-state index in [4.69, 9.17) is 4.74 Å². The predicted octanol–water partition coefficient (Wildman–Crippen LogP) is 2.82. The summed E-state index contributed by atoms with van der Waals surface area (Å²) in [5, 5.41) is 21.1. The summed E-state index contributed by atoms with van der Waals surface area (Å²) in [6.45, 7) is 2.19. The topological polar surface area (TPSA) is 137 Å². The lowest BCUT2D eigenvalue weighted by molar-refractivity contribution is -0.139. The third-order valence-electron chi connectivity index (χ3n) is 5.97. The highest BCUT2D eigenvalue weighted by Gasteiger charge is 2.44. The summed E-state index contributed by atoms with van der Waals surface area (Å²) in [6.07, 6.45) is 1.32. The van der Waals surface area contributed by atoms with Crippen molar-refractivity contribution in [3.05, 3.63) is 54.1 Å². The summed E-state index contributed by atoms with van der Waals surface area (Å²) >= 11 is 0. The molecule has 1 aliphatic heterocycles. The zero-order valence-corrected chi connectivity index (χ0v) is 19.7. The number of hydrogen-bond acceptors (Lipinski definition) is 6. The molecule has 1 fully saturated rings. The smallest absolute Gasteiger partial charge is 0.405 e. The van der Waals surface area contributed by atoms with Crippen molar-refractivity contribution in [3.8, 4) is 17.3 Å². The minimum Gasteiger partial charge on any atom is -0.465 e. The second-order valence-corrected chi connectivity index (χ2v) is 10.3. The largest absolute Gasteiger partial charge is 0.465 e. The van der Waals surface area contributed by atoms with Gasteiger partial charge in [0.05, 0.1) is 10.6 Å². The highest BCUT2D eigenvalue weighted by molar-refractivity contribution is 7.91. The van der Waals surface area contributed by atoms with Crippen molar-refractivity contribution in [1.82, 2.24) is 10.2 Å². The number of nitrogens with one attached hydrogen (secondary N) is 1. The predicted molar refractivity (Wildman–Crippen MR) is 125 cm³/mol. The summed E-state index contributed by atoms with van der Waals surface area (Å²) in [5.74, 6) is -0.524. The van der Waals surface area contributed by atoms with Crippen LogP contribution in [-0.2, 0) is 25.8 Å². The number of nitriles is 1. The maximum Gasteiger partial charge on any atom is 0.405 e. The van der Waals surface area contributed by atoms with Gasteiger partial charge >= 0.3 is 6.09 Å². The first-order valence-corrected chi connectivity index (χ1v) is 12.6. The summed E-state index contributed by atoms with van der Waals surface area (Å²) < 4.78 is 29.2. The van der Waals surface area contributed by atoms with E-state index < -0.39 is 27.4 Å². The second kappa shape index (κ2) is 10.7. The van der Waals surface area contributed by atoms with Crippen LogP contribution >= 0.6 is 0 Å². The molecule has 10 heteroatoms. The molecular formula is C24H27N3O6S. The van der Waals surface area contributed by atoms with Gasteiger partial charge in [-0.15, -0.1) is 0 Å². The van der Waals surface area contributed by atoms with Crippen molar-refractivity contribution in [2.75, 3.05) is 25.5 Å². The van der Waals surface area contributed by atoms with Crippen LogP contribution in [0.25, 0.3) is 11.1 Å². The number of hydrogen-bond donors (Lipinski definition) is 2. The Morgan fingerprint density at radius 1 is 1.09 bits per heavy atom. The van der Waals surface area contributed by atoms with Crippen LogP contribution in [0.1, 0.15) is 25.3 Å². The minimum atomic E-state index is -3.25. The highest BCUT2D eigenvalue weighted by Crippen LogP contribution is 2.25. The molecule has 0 atom stereocenters. The first-order valence-electron chi connectivity index (χ1n) is 10.9. The van der Waals surface area contributed by atoms with Gasteiger partial charge in [-0.2, -0.15) is 5.26 Å². The van der Waals surface area contributed by atoms with E-state index in [-0.39, 0.29) is 43.2 Å². The Kier molecular flexibility index (Phi) is 7.91. The molecule has 180 valence electrons. The van der Waals surface area contributed by atoms with E-state index in [1.54, 1.807) is 31.2 Å². The zero-order chi connectivity index (χ0) is 24.8. The van der Waals surface area contributed by atoms with Crippen molar-refractivity contribution in [2.45, 2.75) is 36.6 Å². The molecule has 2 amide bonds. The first-order chi connectivity index (χ1) is 16.2. The Morgan fingerprint density at radius 3 is 2.15 bits per heavy atom. The van der Waals surface area contributed by atoms with E-state index >= 15 is 0 Å². The Labute approximate surface area is 198 Å². The van der Waals surface area contributed by atoms with Crippen LogP contribution < -0.4 is 5.32 Å². The fourth-order valence-electron chi connectivity index (χ4n) is 3.90. The van der Waals surface area contributed by atoms with Gasteiger partial charge in [0.2, 0.25) is 0 Å². The molecule has 0 saturated carbocycles. The molecule has 0 aliphatic carbocycles. The molecule has 0 unspecified atom stereocenters. The number of carbonyl (C=O) groups is 2. The van der Waals surface area contributed by atoms with Crippen LogP contribution in [0.2, 0.25) is 0 Å². The summed E-state index contributed by atoms with van der Waals surface area (Å²) in [6, 6.07) is 14.3. The van der Waals surface area contributed by atoms with Gasteiger partial charge in [-0.25, -0.2) is 18.1 Å². The maximum absolute atomic E-state index is 13.0. The van der Waals surface area contributed by atoms with Gasteiger partial charge in [0.25, 0.3) is 5.91 Å². The maximum atomic E-state index is 13.0. The number of sulfone groups is 1. The molecule has 3 rings (SSSR count). The number of ether oxygens (including phenoxy) is 1. The zero-order valence-electron chi connectivity index (χ0n) is 18.9. The summed E-state index contributed by atoms with van der Waals surface area (Å²) in [4.78, 5) is 25.6. The molecule has 2 aromatic carbocycles. The van der Waals surface area contributed by atoms with Crippen LogP contribution in [-0.4, -0.2) is 61.5 Å². The highest BCUT2D eigenvalue weighted by atomic mass is 32.2. The van der Waals surface area contributed by atoms with Crippen molar-refractivity contribution < 1.29 is 27.9 Å². The Balaban J connectivity index is 1.67. The molecule has 0 bridgehead atoms. The van der Waals surface area contributed by atoms with Crippen LogP contribution in [0.5, 0.6) is 0 Å². The Bertz CT molecular complexity index is 1160. The number of carbonyl (C=O) groups excluding carboxylic acids is 1. The van der Waals surface area contributed by atoms with Crippen molar-refractivity contribution in [1.29, 1.82) is 5.26 Å². The normalized spacial score (nSPS) is 15.2. The lowest BCUT2D eigenvalue weighted by atomic mass is 9.88. The quantitative estimate of drug-likeness (QED) is 0.433. The molecular weight excluding hydrogens is 458 g/mol. The Hall–Kier alpha value is -3.42.